The summed E-state index contributed by atoms with van der Waals surface area (Å²) in [5.41, 5.74) is 7.45. The fourth-order valence-electron chi connectivity index (χ4n) is 6.57. The van der Waals surface area contributed by atoms with Gasteiger partial charge in [-0.05, 0) is 97.1 Å². The van der Waals surface area contributed by atoms with E-state index in [0.29, 0.717) is 16.9 Å². The van der Waals surface area contributed by atoms with Crippen LogP contribution in [0, 0.1) is 22.7 Å². The molecule has 0 radical (unpaired) electrons. The fourth-order valence-corrected chi connectivity index (χ4v) is 7.62. The highest BCUT2D eigenvalue weighted by Gasteiger charge is 2.31. The van der Waals surface area contributed by atoms with Crippen molar-refractivity contribution in [3.63, 3.8) is 0 Å². The van der Waals surface area contributed by atoms with Gasteiger partial charge in [0.25, 0.3) is 0 Å². The van der Waals surface area contributed by atoms with Crippen molar-refractivity contribution < 1.29 is 4.74 Å². The van der Waals surface area contributed by atoms with Crippen LogP contribution in [0.15, 0.2) is 168 Å². The molecular weight excluding hydrogens is 649 g/mol. The molecule has 240 valence electrons. The number of fused-ring (bicyclic) bond motifs is 4. The first-order valence-corrected chi connectivity index (χ1v) is 17.1. The summed E-state index contributed by atoms with van der Waals surface area (Å²) >= 11 is 1.75. The van der Waals surface area contributed by atoms with Gasteiger partial charge in [-0.15, -0.1) is 0 Å². The van der Waals surface area contributed by atoms with E-state index in [1.54, 1.807) is 11.8 Å². The van der Waals surface area contributed by atoms with Crippen molar-refractivity contribution in [2.24, 2.45) is 0 Å². The van der Waals surface area contributed by atoms with Gasteiger partial charge in [0.15, 0.2) is 11.5 Å². The van der Waals surface area contributed by atoms with Crippen LogP contribution in [-0.2, 0) is 0 Å². The first-order chi connectivity index (χ1) is 25.2. The van der Waals surface area contributed by atoms with E-state index in [2.05, 4.69) is 87.5 Å². The Labute approximate surface area is 299 Å². The zero-order chi connectivity index (χ0) is 34.3. The van der Waals surface area contributed by atoms with E-state index < -0.39 is 0 Å². The van der Waals surface area contributed by atoms with Gasteiger partial charge in [-0.1, -0.05) is 60.3 Å². The van der Waals surface area contributed by atoms with Crippen LogP contribution in [-0.4, -0.2) is 4.98 Å². The molecule has 7 aromatic rings. The maximum atomic E-state index is 9.62. The molecule has 0 saturated carbocycles. The van der Waals surface area contributed by atoms with Gasteiger partial charge in [-0.3, -0.25) is 9.80 Å². The van der Waals surface area contributed by atoms with E-state index in [1.807, 2.05) is 97.1 Å². The van der Waals surface area contributed by atoms with Crippen molar-refractivity contribution in [1.29, 1.82) is 10.5 Å². The Bertz CT molecular complexity index is 2270. The average molecular weight is 675 g/mol. The van der Waals surface area contributed by atoms with Crippen LogP contribution in [0.1, 0.15) is 11.1 Å². The minimum Gasteiger partial charge on any atom is -0.453 e. The second-order valence-electron chi connectivity index (χ2n) is 11.9. The molecule has 0 amide bonds. The van der Waals surface area contributed by atoms with E-state index in [-0.39, 0.29) is 0 Å². The predicted molar refractivity (Wildman–Crippen MR) is 202 cm³/mol. The molecule has 7 nitrogen and oxygen atoms in total. The van der Waals surface area contributed by atoms with Crippen LogP contribution in [0.4, 0.5) is 51.4 Å². The van der Waals surface area contributed by atoms with Gasteiger partial charge in [0.1, 0.15) is 11.6 Å². The van der Waals surface area contributed by atoms with E-state index >= 15 is 0 Å². The molecule has 1 aromatic heterocycles. The lowest BCUT2D eigenvalue weighted by Gasteiger charge is -2.36. The highest BCUT2D eigenvalue weighted by atomic mass is 32.2. The van der Waals surface area contributed by atoms with Gasteiger partial charge in [0, 0.05) is 33.3 Å². The summed E-state index contributed by atoms with van der Waals surface area (Å²) in [4.78, 5) is 14.2. The van der Waals surface area contributed by atoms with E-state index in [1.165, 1.54) is 0 Å². The molecule has 0 spiro atoms. The van der Waals surface area contributed by atoms with Crippen LogP contribution >= 0.6 is 11.8 Å². The van der Waals surface area contributed by atoms with Crippen molar-refractivity contribution in [2.75, 3.05) is 14.7 Å². The lowest BCUT2D eigenvalue weighted by molar-refractivity contribution is 0.476. The summed E-state index contributed by atoms with van der Waals surface area (Å²) in [7, 11) is 0. The van der Waals surface area contributed by atoms with Gasteiger partial charge >= 0.3 is 0 Å². The summed E-state index contributed by atoms with van der Waals surface area (Å²) in [6, 6.07) is 56.4. The summed E-state index contributed by atoms with van der Waals surface area (Å²) in [6.45, 7) is 0. The topological polar surface area (TPSA) is 79.4 Å². The summed E-state index contributed by atoms with van der Waals surface area (Å²) < 4.78 is 6.38. The number of para-hydroxylation sites is 6. The number of nitriles is 2. The molecule has 0 fully saturated rings. The van der Waals surface area contributed by atoms with Crippen LogP contribution in [0.25, 0.3) is 0 Å². The minimum atomic E-state index is 0.565. The molecule has 9 rings (SSSR count). The third kappa shape index (κ3) is 5.28. The number of hydrogen-bond donors (Lipinski definition) is 0. The Kier molecular flexibility index (Phi) is 7.36. The number of hydrogen-bond acceptors (Lipinski definition) is 8. The van der Waals surface area contributed by atoms with Gasteiger partial charge in [-0.2, -0.15) is 10.5 Å². The Morgan fingerprint density at radius 2 is 0.902 bits per heavy atom. The number of benzene rings is 6. The van der Waals surface area contributed by atoms with Crippen LogP contribution < -0.4 is 19.4 Å². The molecule has 6 aromatic carbocycles. The molecule has 2 aliphatic heterocycles. The quantitative estimate of drug-likeness (QED) is 0.178. The normalized spacial score (nSPS) is 12.3. The van der Waals surface area contributed by atoms with Gasteiger partial charge in [0.05, 0.1) is 51.7 Å². The molecule has 0 saturated heterocycles. The molecule has 0 N–H and O–H groups in total. The number of pyridine rings is 1. The Hall–Kier alpha value is -7.00. The third-order valence-corrected chi connectivity index (χ3v) is 10.0. The van der Waals surface area contributed by atoms with Gasteiger partial charge < -0.3 is 9.64 Å². The van der Waals surface area contributed by atoms with Crippen molar-refractivity contribution >= 4 is 63.2 Å². The number of anilines is 9. The smallest absolute Gasteiger partial charge is 0.151 e. The Balaban J connectivity index is 1.34. The average Bonchev–Trinajstić information content (AvgIpc) is 3.19. The van der Waals surface area contributed by atoms with E-state index in [4.69, 9.17) is 9.72 Å². The number of nitrogens with zero attached hydrogens (tertiary/aromatic N) is 6. The number of aromatic nitrogens is 1. The maximum absolute atomic E-state index is 9.62. The van der Waals surface area contributed by atoms with Crippen LogP contribution in [0.3, 0.4) is 0 Å². The van der Waals surface area contributed by atoms with E-state index in [9.17, 15) is 10.5 Å². The monoisotopic (exact) mass is 674 g/mol. The molecular formula is C43H26N6OS. The standard InChI is InChI=1S/C43H26N6OS/c44-27-29-17-21-31(22-18-29)47(32-23-19-30(28-45)20-24-32)33-25-42(48-34-9-1-5-13-38(34)50-39-14-6-2-10-35(39)48)46-43(26-33)49-36-11-3-7-15-40(36)51-41-16-8-4-12-37(41)49/h1-26H. The largest absolute Gasteiger partial charge is 0.453 e. The molecule has 2 aliphatic rings. The first kappa shape index (κ1) is 30.1. The third-order valence-electron chi connectivity index (χ3n) is 8.87. The van der Waals surface area contributed by atoms with Crippen LogP contribution in [0.2, 0.25) is 0 Å². The van der Waals surface area contributed by atoms with E-state index in [0.717, 1.165) is 66.9 Å². The Morgan fingerprint density at radius 1 is 0.490 bits per heavy atom. The molecule has 0 aliphatic carbocycles. The predicted octanol–water partition coefficient (Wildman–Crippen LogP) is 11.8. The van der Waals surface area contributed by atoms with Crippen LogP contribution in [0.5, 0.6) is 11.5 Å². The second kappa shape index (κ2) is 12.5. The van der Waals surface area contributed by atoms with Crippen molar-refractivity contribution in [3.8, 4) is 23.6 Å². The lowest BCUT2D eigenvalue weighted by Crippen LogP contribution is -2.21. The zero-order valence-electron chi connectivity index (χ0n) is 27.0. The SMILES string of the molecule is N#Cc1ccc(N(c2ccc(C#N)cc2)c2cc(N3c4ccccc4Oc4ccccc43)nc(N3c4ccccc4Sc4ccccc43)c2)cc1. The minimum absolute atomic E-state index is 0.565. The van der Waals surface area contributed by atoms with Gasteiger partial charge in [-0.25, -0.2) is 4.98 Å². The first-order valence-electron chi connectivity index (χ1n) is 16.3. The summed E-state index contributed by atoms with van der Waals surface area (Å²) in [5, 5.41) is 19.2. The zero-order valence-corrected chi connectivity index (χ0v) is 27.8. The van der Waals surface area contributed by atoms with Gasteiger partial charge in [0.2, 0.25) is 0 Å². The Morgan fingerprint density at radius 3 is 1.37 bits per heavy atom. The number of ether oxygens (including phenoxy) is 1. The molecule has 0 bridgehead atoms. The number of rotatable bonds is 5. The van der Waals surface area contributed by atoms with Crippen molar-refractivity contribution in [2.45, 2.75) is 9.79 Å². The molecule has 0 atom stereocenters. The molecule has 51 heavy (non-hydrogen) atoms. The fraction of sp³-hybridized carbons (Fsp3) is 0. The lowest BCUT2D eigenvalue weighted by atomic mass is 10.1. The van der Waals surface area contributed by atoms with Crippen molar-refractivity contribution in [3.05, 3.63) is 169 Å². The second-order valence-corrected chi connectivity index (χ2v) is 13.0. The molecule has 0 unspecified atom stereocenters. The van der Waals surface area contributed by atoms with Crippen molar-refractivity contribution in [1.82, 2.24) is 4.98 Å². The maximum Gasteiger partial charge on any atom is 0.151 e. The highest BCUT2D eigenvalue weighted by Crippen LogP contribution is 2.54. The summed E-state index contributed by atoms with van der Waals surface area (Å²) in [5.74, 6) is 2.86. The summed E-state index contributed by atoms with van der Waals surface area (Å²) in [6.07, 6.45) is 0. The molecule has 8 heteroatoms. The molecule has 3 heterocycles. The highest BCUT2D eigenvalue weighted by molar-refractivity contribution is 7.99.